The second-order valence-electron chi connectivity index (χ2n) is 5.05. The van der Waals surface area contributed by atoms with Gasteiger partial charge in [0.25, 0.3) is 0 Å². The van der Waals surface area contributed by atoms with Crippen LogP contribution in [0.2, 0.25) is 0 Å². The van der Waals surface area contributed by atoms with E-state index in [0.29, 0.717) is 6.04 Å². The van der Waals surface area contributed by atoms with E-state index in [9.17, 15) is 0 Å². The van der Waals surface area contributed by atoms with E-state index in [4.69, 9.17) is 0 Å². The van der Waals surface area contributed by atoms with Gasteiger partial charge in [0.1, 0.15) is 5.82 Å². The van der Waals surface area contributed by atoms with Crippen molar-refractivity contribution in [3.63, 3.8) is 0 Å². The van der Waals surface area contributed by atoms with E-state index in [1.165, 1.54) is 18.4 Å². The van der Waals surface area contributed by atoms with Crippen LogP contribution in [0.25, 0.3) is 0 Å². The van der Waals surface area contributed by atoms with E-state index in [1.807, 2.05) is 13.1 Å². The topological polar surface area (TPSA) is 28.2 Å². The van der Waals surface area contributed by atoms with Crippen LogP contribution < -0.4 is 5.32 Å². The van der Waals surface area contributed by atoms with E-state index in [0.717, 1.165) is 23.4 Å². The average Bonchev–Trinajstić information content (AvgIpc) is 2.30. The van der Waals surface area contributed by atoms with Crippen LogP contribution >= 0.6 is 15.9 Å². The van der Waals surface area contributed by atoms with Gasteiger partial charge in [-0.25, -0.2) is 4.98 Å². The molecule has 0 saturated heterocycles. The number of halogens is 1. The first-order chi connectivity index (χ1) is 8.50. The SMILES string of the molecule is Cc1cnc(NCCCCN(C)C(C)C)c(Br)c1. The molecule has 1 heterocycles. The Morgan fingerprint density at radius 2 is 2.11 bits per heavy atom. The fourth-order valence-corrected chi connectivity index (χ4v) is 2.22. The number of pyridine rings is 1. The molecule has 0 bridgehead atoms. The molecule has 0 amide bonds. The van der Waals surface area contributed by atoms with E-state index >= 15 is 0 Å². The van der Waals surface area contributed by atoms with Gasteiger partial charge in [-0.15, -0.1) is 0 Å². The van der Waals surface area contributed by atoms with Gasteiger partial charge in [-0.3, -0.25) is 0 Å². The van der Waals surface area contributed by atoms with Crippen LogP contribution in [0.15, 0.2) is 16.7 Å². The molecule has 4 heteroatoms. The molecule has 18 heavy (non-hydrogen) atoms. The van der Waals surface area contributed by atoms with Crippen LogP contribution in [0.1, 0.15) is 32.3 Å². The standard InChI is InChI=1S/C14H24BrN3/c1-11(2)18(4)8-6-5-7-16-14-13(15)9-12(3)10-17-14/h9-11H,5-8H2,1-4H3,(H,16,17). The van der Waals surface area contributed by atoms with Gasteiger partial charge in [0, 0.05) is 18.8 Å². The minimum atomic E-state index is 0.630. The van der Waals surface area contributed by atoms with Gasteiger partial charge >= 0.3 is 0 Å². The van der Waals surface area contributed by atoms with Gasteiger partial charge in [0.05, 0.1) is 4.47 Å². The van der Waals surface area contributed by atoms with Crippen LogP contribution in [0.3, 0.4) is 0 Å². The smallest absolute Gasteiger partial charge is 0.140 e. The minimum absolute atomic E-state index is 0.630. The Morgan fingerprint density at radius 3 is 2.72 bits per heavy atom. The fraction of sp³-hybridized carbons (Fsp3) is 0.643. The Hall–Kier alpha value is -0.610. The third-order valence-corrected chi connectivity index (χ3v) is 3.69. The zero-order chi connectivity index (χ0) is 13.5. The molecule has 102 valence electrons. The number of aromatic nitrogens is 1. The molecule has 0 atom stereocenters. The molecule has 0 unspecified atom stereocenters. The number of rotatable bonds is 7. The highest BCUT2D eigenvalue weighted by molar-refractivity contribution is 9.10. The molecule has 1 N–H and O–H groups in total. The van der Waals surface area contributed by atoms with Gasteiger partial charge < -0.3 is 10.2 Å². The second-order valence-corrected chi connectivity index (χ2v) is 5.91. The first kappa shape index (κ1) is 15.4. The number of aryl methyl sites for hydroxylation is 1. The highest BCUT2D eigenvalue weighted by Gasteiger charge is 2.03. The summed E-state index contributed by atoms with van der Waals surface area (Å²) in [6, 6.07) is 2.72. The lowest BCUT2D eigenvalue weighted by atomic mass is 10.2. The molecule has 0 radical (unpaired) electrons. The van der Waals surface area contributed by atoms with E-state index in [1.54, 1.807) is 0 Å². The van der Waals surface area contributed by atoms with Crippen LogP contribution in [-0.2, 0) is 0 Å². The molecule has 0 aromatic carbocycles. The predicted molar refractivity (Wildman–Crippen MR) is 82.2 cm³/mol. The van der Waals surface area contributed by atoms with Gasteiger partial charge in [0.2, 0.25) is 0 Å². The summed E-state index contributed by atoms with van der Waals surface area (Å²) in [6.07, 6.45) is 4.27. The predicted octanol–water partition coefficient (Wildman–Crippen LogP) is 3.68. The first-order valence-corrected chi connectivity index (χ1v) is 7.36. The second kappa shape index (κ2) is 7.74. The highest BCUT2D eigenvalue weighted by Crippen LogP contribution is 2.20. The number of anilines is 1. The summed E-state index contributed by atoms with van der Waals surface area (Å²) in [5, 5.41) is 3.37. The van der Waals surface area contributed by atoms with Crippen molar-refractivity contribution in [1.82, 2.24) is 9.88 Å². The Bertz CT molecular complexity index is 366. The maximum Gasteiger partial charge on any atom is 0.140 e. The van der Waals surface area contributed by atoms with Crippen LogP contribution in [0.4, 0.5) is 5.82 Å². The van der Waals surface area contributed by atoms with E-state index in [-0.39, 0.29) is 0 Å². The Kier molecular flexibility index (Phi) is 6.65. The lowest BCUT2D eigenvalue weighted by molar-refractivity contribution is 0.269. The number of hydrogen-bond donors (Lipinski definition) is 1. The normalized spacial score (nSPS) is 11.3. The molecular weight excluding hydrogens is 290 g/mol. The van der Waals surface area contributed by atoms with Gasteiger partial charge in [-0.05, 0) is 74.8 Å². The zero-order valence-corrected chi connectivity index (χ0v) is 13.4. The molecular formula is C14H24BrN3. The number of nitrogens with one attached hydrogen (secondary N) is 1. The first-order valence-electron chi connectivity index (χ1n) is 6.57. The van der Waals surface area contributed by atoms with Crippen LogP contribution in [0.5, 0.6) is 0 Å². The van der Waals surface area contributed by atoms with Crippen molar-refractivity contribution in [2.75, 3.05) is 25.5 Å². The Morgan fingerprint density at radius 1 is 1.39 bits per heavy atom. The number of nitrogens with zero attached hydrogens (tertiary/aromatic N) is 2. The molecule has 0 aliphatic rings. The average molecular weight is 314 g/mol. The molecule has 0 spiro atoms. The quantitative estimate of drug-likeness (QED) is 0.778. The molecule has 0 saturated carbocycles. The molecule has 1 rings (SSSR count). The monoisotopic (exact) mass is 313 g/mol. The molecule has 3 nitrogen and oxygen atoms in total. The summed E-state index contributed by atoms with van der Waals surface area (Å²) < 4.78 is 1.04. The van der Waals surface area contributed by atoms with Crippen molar-refractivity contribution >= 4 is 21.7 Å². The van der Waals surface area contributed by atoms with Crippen molar-refractivity contribution in [3.05, 3.63) is 22.3 Å². The van der Waals surface area contributed by atoms with Crippen molar-refractivity contribution < 1.29 is 0 Å². The van der Waals surface area contributed by atoms with Gasteiger partial charge in [-0.2, -0.15) is 0 Å². The maximum atomic E-state index is 4.37. The summed E-state index contributed by atoms with van der Waals surface area (Å²) in [5.74, 6) is 0.942. The van der Waals surface area contributed by atoms with E-state index < -0.39 is 0 Å². The van der Waals surface area contributed by atoms with Crippen molar-refractivity contribution in [2.45, 2.75) is 39.7 Å². The maximum absolute atomic E-state index is 4.37. The minimum Gasteiger partial charge on any atom is -0.369 e. The fourth-order valence-electron chi connectivity index (χ4n) is 1.61. The summed E-state index contributed by atoms with van der Waals surface area (Å²) in [5.41, 5.74) is 1.17. The third-order valence-electron chi connectivity index (χ3n) is 3.09. The summed E-state index contributed by atoms with van der Waals surface area (Å²) in [7, 11) is 2.18. The third kappa shape index (κ3) is 5.36. The van der Waals surface area contributed by atoms with Crippen LogP contribution in [-0.4, -0.2) is 36.1 Å². The summed E-state index contributed by atoms with van der Waals surface area (Å²) in [6.45, 7) is 8.63. The molecule has 0 fully saturated rings. The number of unbranched alkanes of at least 4 members (excludes halogenated alkanes) is 1. The van der Waals surface area contributed by atoms with Crippen molar-refractivity contribution in [3.8, 4) is 0 Å². The van der Waals surface area contributed by atoms with Crippen LogP contribution in [0, 0.1) is 6.92 Å². The Labute approximate surface area is 119 Å². The van der Waals surface area contributed by atoms with E-state index in [2.05, 4.69) is 58.1 Å². The molecule has 0 aliphatic heterocycles. The summed E-state index contributed by atoms with van der Waals surface area (Å²) in [4.78, 5) is 6.75. The molecule has 0 aliphatic carbocycles. The van der Waals surface area contributed by atoms with Crippen molar-refractivity contribution in [2.24, 2.45) is 0 Å². The van der Waals surface area contributed by atoms with Crippen molar-refractivity contribution in [1.29, 1.82) is 0 Å². The zero-order valence-electron chi connectivity index (χ0n) is 11.8. The molecule has 1 aromatic rings. The lowest BCUT2D eigenvalue weighted by Crippen LogP contribution is -2.27. The highest BCUT2D eigenvalue weighted by atomic mass is 79.9. The Balaban J connectivity index is 2.22. The molecule has 1 aromatic heterocycles. The largest absolute Gasteiger partial charge is 0.369 e. The van der Waals surface area contributed by atoms with Gasteiger partial charge in [0.15, 0.2) is 0 Å². The summed E-state index contributed by atoms with van der Waals surface area (Å²) >= 11 is 3.53. The lowest BCUT2D eigenvalue weighted by Gasteiger charge is -2.20. The van der Waals surface area contributed by atoms with Gasteiger partial charge in [-0.1, -0.05) is 0 Å². The number of hydrogen-bond acceptors (Lipinski definition) is 3.